The topological polar surface area (TPSA) is 63.4 Å². The first-order valence-corrected chi connectivity index (χ1v) is 6.21. The third kappa shape index (κ3) is 3.81. The van der Waals surface area contributed by atoms with Crippen molar-refractivity contribution in [3.05, 3.63) is 38.3 Å². The zero-order valence-electron chi connectivity index (χ0n) is 7.85. The van der Waals surface area contributed by atoms with Crippen LogP contribution in [-0.4, -0.2) is 22.4 Å². The number of thioether (sulfide) groups is 1. The first kappa shape index (κ1) is 12.5. The lowest BCUT2D eigenvalue weighted by molar-refractivity contribution is -0.385. The molecule has 0 saturated carbocycles. The van der Waals surface area contributed by atoms with Gasteiger partial charge in [0.05, 0.1) is 11.5 Å². The van der Waals surface area contributed by atoms with Crippen molar-refractivity contribution in [3.63, 3.8) is 0 Å². The molecule has 1 aromatic rings. The van der Waals surface area contributed by atoms with Gasteiger partial charge in [-0.1, -0.05) is 22.0 Å². The normalized spacial score (nSPS) is 10.3. The highest BCUT2D eigenvalue weighted by Crippen LogP contribution is 2.26. The molecule has 0 unspecified atom stereocenters. The summed E-state index contributed by atoms with van der Waals surface area (Å²) in [5.74, 6) is 1.14. The summed E-state index contributed by atoms with van der Waals surface area (Å²) in [6, 6.07) is 5.00. The maximum Gasteiger partial charge on any atom is 0.274 e. The third-order valence-corrected chi connectivity index (χ3v) is 3.22. The van der Waals surface area contributed by atoms with E-state index in [0.29, 0.717) is 21.5 Å². The Morgan fingerprint density at radius 1 is 1.53 bits per heavy atom. The van der Waals surface area contributed by atoms with E-state index in [4.69, 9.17) is 5.11 Å². The number of nitro benzene ring substituents is 1. The number of nitro groups is 1. The lowest BCUT2D eigenvalue weighted by Crippen LogP contribution is -1.95. The van der Waals surface area contributed by atoms with E-state index < -0.39 is 0 Å². The van der Waals surface area contributed by atoms with Crippen molar-refractivity contribution < 1.29 is 10.0 Å². The lowest BCUT2D eigenvalue weighted by atomic mass is 10.2. The molecule has 1 N–H and O–H groups in total. The molecule has 0 fully saturated rings. The Balaban J connectivity index is 2.81. The minimum Gasteiger partial charge on any atom is -0.396 e. The summed E-state index contributed by atoms with van der Waals surface area (Å²) >= 11 is 4.67. The van der Waals surface area contributed by atoms with Crippen LogP contribution < -0.4 is 0 Å². The quantitative estimate of drug-likeness (QED) is 0.514. The average molecular weight is 292 g/mol. The van der Waals surface area contributed by atoms with E-state index in [1.54, 1.807) is 12.1 Å². The first-order chi connectivity index (χ1) is 7.15. The number of nitrogens with zero attached hydrogens (tertiary/aromatic N) is 1. The van der Waals surface area contributed by atoms with Gasteiger partial charge in [0.25, 0.3) is 5.69 Å². The molecule has 15 heavy (non-hydrogen) atoms. The highest BCUT2D eigenvalue weighted by Gasteiger charge is 2.13. The fourth-order valence-electron chi connectivity index (χ4n) is 1.08. The van der Waals surface area contributed by atoms with E-state index in [1.807, 2.05) is 0 Å². The lowest BCUT2D eigenvalue weighted by Gasteiger charge is -2.02. The first-order valence-electron chi connectivity index (χ1n) is 4.26. The molecular formula is C9H10BrNO3S. The van der Waals surface area contributed by atoms with Gasteiger partial charge in [0, 0.05) is 27.6 Å². The minimum absolute atomic E-state index is 0.0923. The van der Waals surface area contributed by atoms with Crippen molar-refractivity contribution in [3.8, 4) is 0 Å². The van der Waals surface area contributed by atoms with Gasteiger partial charge in [-0.2, -0.15) is 11.8 Å². The Bertz CT molecular complexity index is 359. The maximum absolute atomic E-state index is 10.7. The Labute approximate surface area is 100.0 Å². The molecular weight excluding hydrogens is 282 g/mol. The van der Waals surface area contributed by atoms with E-state index in [9.17, 15) is 10.1 Å². The van der Waals surface area contributed by atoms with E-state index in [2.05, 4.69) is 15.9 Å². The predicted molar refractivity (Wildman–Crippen MR) is 64.0 cm³/mol. The molecule has 0 bridgehead atoms. The van der Waals surface area contributed by atoms with Gasteiger partial charge in [-0.25, -0.2) is 0 Å². The summed E-state index contributed by atoms with van der Waals surface area (Å²) in [7, 11) is 0. The summed E-state index contributed by atoms with van der Waals surface area (Å²) in [6.07, 6.45) is 0. The van der Waals surface area contributed by atoms with Crippen LogP contribution in [0.2, 0.25) is 0 Å². The molecule has 1 aromatic carbocycles. The number of halogens is 1. The molecule has 0 aliphatic rings. The number of rotatable bonds is 5. The van der Waals surface area contributed by atoms with Crippen molar-refractivity contribution >= 4 is 33.4 Å². The van der Waals surface area contributed by atoms with Crippen LogP contribution in [0, 0.1) is 10.1 Å². The summed E-state index contributed by atoms with van der Waals surface area (Å²) in [5.41, 5.74) is 0.802. The molecule has 0 spiro atoms. The van der Waals surface area contributed by atoms with Crippen molar-refractivity contribution in [2.24, 2.45) is 0 Å². The molecule has 0 atom stereocenters. The van der Waals surface area contributed by atoms with Crippen LogP contribution >= 0.6 is 27.7 Å². The molecule has 0 heterocycles. The van der Waals surface area contributed by atoms with Gasteiger partial charge < -0.3 is 5.11 Å². The van der Waals surface area contributed by atoms with Crippen molar-refractivity contribution in [2.75, 3.05) is 12.4 Å². The molecule has 4 nitrogen and oxygen atoms in total. The molecule has 82 valence electrons. The van der Waals surface area contributed by atoms with Crippen molar-refractivity contribution in [2.45, 2.75) is 5.75 Å². The SMILES string of the molecule is O=[N+]([O-])c1cc(Br)ccc1CSCCO. The zero-order chi connectivity index (χ0) is 11.3. The van der Waals surface area contributed by atoms with E-state index in [1.165, 1.54) is 17.8 Å². The Hall–Kier alpha value is -0.590. The largest absolute Gasteiger partial charge is 0.396 e. The highest BCUT2D eigenvalue weighted by molar-refractivity contribution is 9.10. The number of hydrogen-bond donors (Lipinski definition) is 1. The molecule has 6 heteroatoms. The van der Waals surface area contributed by atoms with Gasteiger partial charge in [0.2, 0.25) is 0 Å². The highest BCUT2D eigenvalue weighted by atomic mass is 79.9. The Kier molecular flexibility index (Phi) is 5.07. The van der Waals surface area contributed by atoms with Crippen LogP contribution in [0.5, 0.6) is 0 Å². The van der Waals surface area contributed by atoms with Gasteiger partial charge in [-0.15, -0.1) is 0 Å². The van der Waals surface area contributed by atoms with E-state index in [-0.39, 0.29) is 17.2 Å². The second-order valence-electron chi connectivity index (χ2n) is 2.81. The second kappa shape index (κ2) is 6.09. The molecule has 0 aliphatic heterocycles. The Morgan fingerprint density at radius 2 is 2.27 bits per heavy atom. The van der Waals surface area contributed by atoms with Gasteiger partial charge >= 0.3 is 0 Å². The molecule has 0 amide bonds. The molecule has 0 saturated heterocycles. The number of aliphatic hydroxyl groups excluding tert-OH is 1. The molecule has 1 rings (SSSR count). The van der Waals surface area contributed by atoms with Crippen LogP contribution in [0.3, 0.4) is 0 Å². The van der Waals surface area contributed by atoms with Crippen LogP contribution in [0.15, 0.2) is 22.7 Å². The van der Waals surface area contributed by atoms with E-state index in [0.717, 1.165) is 0 Å². The molecule has 0 aromatic heterocycles. The number of benzene rings is 1. The Morgan fingerprint density at radius 3 is 2.87 bits per heavy atom. The number of aliphatic hydroxyl groups is 1. The predicted octanol–water partition coefficient (Wildman–Crippen LogP) is 2.58. The number of hydrogen-bond acceptors (Lipinski definition) is 4. The van der Waals surface area contributed by atoms with Crippen molar-refractivity contribution in [1.82, 2.24) is 0 Å². The third-order valence-electron chi connectivity index (χ3n) is 1.74. The fraction of sp³-hybridized carbons (Fsp3) is 0.333. The summed E-state index contributed by atoms with van der Waals surface area (Å²) in [4.78, 5) is 10.3. The average Bonchev–Trinajstić information content (AvgIpc) is 2.20. The van der Waals surface area contributed by atoms with Gasteiger partial charge in [-0.05, 0) is 6.07 Å². The summed E-state index contributed by atoms with van der Waals surface area (Å²) < 4.78 is 0.699. The zero-order valence-corrected chi connectivity index (χ0v) is 10.3. The van der Waals surface area contributed by atoms with Gasteiger partial charge in [-0.3, -0.25) is 10.1 Å². The maximum atomic E-state index is 10.7. The smallest absolute Gasteiger partial charge is 0.274 e. The van der Waals surface area contributed by atoms with Gasteiger partial charge in [0.1, 0.15) is 0 Å². The van der Waals surface area contributed by atoms with Crippen molar-refractivity contribution in [1.29, 1.82) is 0 Å². The molecule has 0 radical (unpaired) electrons. The summed E-state index contributed by atoms with van der Waals surface area (Å²) in [6.45, 7) is 0.0923. The summed E-state index contributed by atoms with van der Waals surface area (Å²) in [5, 5.41) is 19.3. The van der Waals surface area contributed by atoms with Crippen LogP contribution in [0.1, 0.15) is 5.56 Å². The van der Waals surface area contributed by atoms with Crippen LogP contribution in [0.25, 0.3) is 0 Å². The second-order valence-corrected chi connectivity index (χ2v) is 4.83. The minimum atomic E-state index is -0.389. The van der Waals surface area contributed by atoms with E-state index >= 15 is 0 Å². The van der Waals surface area contributed by atoms with Crippen LogP contribution in [-0.2, 0) is 5.75 Å². The monoisotopic (exact) mass is 291 g/mol. The van der Waals surface area contributed by atoms with Crippen LogP contribution in [0.4, 0.5) is 5.69 Å². The molecule has 0 aliphatic carbocycles. The fourth-order valence-corrected chi connectivity index (χ4v) is 2.16. The standard InChI is InChI=1S/C9H10BrNO3S/c10-8-2-1-7(6-15-4-3-12)9(5-8)11(13)14/h1-2,5,12H,3-4,6H2. The van der Waals surface area contributed by atoms with Gasteiger partial charge in [0.15, 0.2) is 0 Å².